The Morgan fingerprint density at radius 1 is 1.16 bits per heavy atom. The fraction of sp³-hybridized carbons (Fsp3) is 0.350. The molecule has 5 heteroatoms. The highest BCUT2D eigenvalue weighted by molar-refractivity contribution is 5.91. The first-order valence-electron chi connectivity index (χ1n) is 8.73. The second-order valence-corrected chi connectivity index (χ2v) is 6.53. The zero-order valence-electron chi connectivity index (χ0n) is 14.9. The SMILES string of the molecule is COc1cccc(N2CC[NH+](CC(=O)Nc3cccc(C)c3)CC2)c1. The van der Waals surface area contributed by atoms with E-state index in [2.05, 4.69) is 22.3 Å². The average Bonchev–Trinajstić information content (AvgIpc) is 2.62. The molecule has 3 rings (SSSR count). The first-order valence-corrected chi connectivity index (χ1v) is 8.73. The Hall–Kier alpha value is -2.53. The van der Waals surface area contributed by atoms with Gasteiger partial charge in [0.25, 0.3) is 5.91 Å². The molecular weight excluding hydrogens is 314 g/mol. The predicted octanol–water partition coefficient (Wildman–Crippen LogP) is 1.35. The number of carbonyl (C=O) groups excluding carboxylic acids is 1. The highest BCUT2D eigenvalue weighted by atomic mass is 16.5. The number of ether oxygens (including phenoxy) is 1. The minimum absolute atomic E-state index is 0.0791. The van der Waals surface area contributed by atoms with Crippen molar-refractivity contribution in [2.75, 3.05) is 50.1 Å². The number of hydrogen-bond acceptors (Lipinski definition) is 3. The Bertz CT molecular complexity index is 724. The van der Waals surface area contributed by atoms with Crippen molar-refractivity contribution in [3.05, 3.63) is 54.1 Å². The monoisotopic (exact) mass is 340 g/mol. The van der Waals surface area contributed by atoms with Crippen molar-refractivity contribution in [3.63, 3.8) is 0 Å². The van der Waals surface area contributed by atoms with Crippen LogP contribution in [0.25, 0.3) is 0 Å². The van der Waals surface area contributed by atoms with Gasteiger partial charge in [-0.3, -0.25) is 4.79 Å². The number of quaternary nitrogens is 1. The summed E-state index contributed by atoms with van der Waals surface area (Å²) >= 11 is 0. The van der Waals surface area contributed by atoms with Crippen molar-refractivity contribution in [1.82, 2.24) is 0 Å². The number of amides is 1. The molecule has 2 aromatic carbocycles. The molecule has 2 N–H and O–H groups in total. The Morgan fingerprint density at radius 3 is 2.64 bits per heavy atom. The van der Waals surface area contributed by atoms with E-state index in [4.69, 9.17) is 4.74 Å². The lowest BCUT2D eigenvalue weighted by molar-refractivity contribution is -0.892. The minimum atomic E-state index is 0.0791. The van der Waals surface area contributed by atoms with Crippen LogP contribution in [0.1, 0.15) is 5.56 Å². The highest BCUT2D eigenvalue weighted by Gasteiger charge is 2.22. The van der Waals surface area contributed by atoms with Crippen molar-refractivity contribution in [2.45, 2.75) is 6.92 Å². The van der Waals surface area contributed by atoms with Crippen LogP contribution in [0.4, 0.5) is 11.4 Å². The largest absolute Gasteiger partial charge is 0.497 e. The van der Waals surface area contributed by atoms with Crippen LogP contribution in [-0.2, 0) is 4.79 Å². The fourth-order valence-electron chi connectivity index (χ4n) is 3.22. The quantitative estimate of drug-likeness (QED) is 0.864. The Kier molecular flexibility index (Phi) is 5.56. The van der Waals surface area contributed by atoms with Crippen LogP contribution in [0.3, 0.4) is 0 Å². The molecule has 1 fully saturated rings. The van der Waals surface area contributed by atoms with Crippen LogP contribution in [0.2, 0.25) is 0 Å². The lowest BCUT2D eigenvalue weighted by Gasteiger charge is -2.33. The van der Waals surface area contributed by atoms with E-state index >= 15 is 0 Å². The number of benzene rings is 2. The zero-order valence-corrected chi connectivity index (χ0v) is 14.9. The fourth-order valence-corrected chi connectivity index (χ4v) is 3.22. The van der Waals surface area contributed by atoms with E-state index in [0.29, 0.717) is 6.54 Å². The number of piperazine rings is 1. The molecule has 1 saturated heterocycles. The summed E-state index contributed by atoms with van der Waals surface area (Å²) < 4.78 is 5.30. The lowest BCUT2D eigenvalue weighted by Crippen LogP contribution is -3.15. The van der Waals surface area contributed by atoms with Crippen LogP contribution >= 0.6 is 0 Å². The number of hydrogen-bond donors (Lipinski definition) is 2. The third kappa shape index (κ3) is 4.73. The van der Waals surface area contributed by atoms with E-state index in [-0.39, 0.29) is 5.91 Å². The van der Waals surface area contributed by atoms with E-state index in [1.165, 1.54) is 10.6 Å². The summed E-state index contributed by atoms with van der Waals surface area (Å²) in [7, 11) is 1.69. The zero-order chi connectivity index (χ0) is 17.6. The highest BCUT2D eigenvalue weighted by Crippen LogP contribution is 2.20. The number of nitrogens with zero attached hydrogens (tertiary/aromatic N) is 1. The van der Waals surface area contributed by atoms with Gasteiger partial charge >= 0.3 is 0 Å². The summed E-state index contributed by atoms with van der Waals surface area (Å²) in [5.74, 6) is 0.959. The van der Waals surface area contributed by atoms with Crippen LogP contribution in [0.5, 0.6) is 5.75 Å². The van der Waals surface area contributed by atoms with E-state index in [0.717, 1.165) is 43.2 Å². The molecule has 1 heterocycles. The lowest BCUT2D eigenvalue weighted by atomic mass is 10.2. The molecule has 5 nitrogen and oxygen atoms in total. The second-order valence-electron chi connectivity index (χ2n) is 6.53. The second kappa shape index (κ2) is 8.03. The van der Waals surface area contributed by atoms with Crippen molar-refractivity contribution >= 4 is 17.3 Å². The van der Waals surface area contributed by atoms with Crippen molar-refractivity contribution in [3.8, 4) is 5.75 Å². The molecule has 1 aliphatic heterocycles. The molecule has 25 heavy (non-hydrogen) atoms. The van der Waals surface area contributed by atoms with Crippen LogP contribution in [-0.4, -0.2) is 45.7 Å². The molecule has 0 unspecified atom stereocenters. The van der Waals surface area contributed by atoms with Gasteiger partial charge in [0.2, 0.25) is 0 Å². The van der Waals surface area contributed by atoms with E-state index < -0.39 is 0 Å². The average molecular weight is 340 g/mol. The molecule has 132 valence electrons. The van der Waals surface area contributed by atoms with Gasteiger partial charge < -0.3 is 19.9 Å². The molecule has 0 bridgehead atoms. The normalized spacial score (nSPS) is 15.0. The molecule has 0 spiro atoms. The van der Waals surface area contributed by atoms with Crippen LogP contribution < -0.4 is 19.9 Å². The summed E-state index contributed by atoms with van der Waals surface area (Å²) in [5, 5.41) is 3.00. The molecule has 1 aliphatic rings. The molecule has 1 amide bonds. The maximum absolute atomic E-state index is 12.3. The summed E-state index contributed by atoms with van der Waals surface area (Å²) in [6.45, 7) is 6.34. The summed E-state index contributed by atoms with van der Waals surface area (Å²) in [4.78, 5) is 15.9. The van der Waals surface area contributed by atoms with Crippen LogP contribution in [0.15, 0.2) is 48.5 Å². The standard InChI is InChI=1S/C20H25N3O2/c1-16-5-3-6-17(13-16)21-20(24)15-22-9-11-23(12-10-22)18-7-4-8-19(14-18)25-2/h3-8,13-14H,9-12,15H2,1-2H3,(H,21,24)/p+1. The molecule has 0 aliphatic carbocycles. The Morgan fingerprint density at radius 2 is 1.92 bits per heavy atom. The number of rotatable bonds is 5. The van der Waals surface area contributed by atoms with Gasteiger partial charge in [0.15, 0.2) is 6.54 Å². The number of methoxy groups -OCH3 is 1. The number of aryl methyl sites for hydroxylation is 1. The van der Waals surface area contributed by atoms with Crippen molar-refractivity contribution < 1.29 is 14.4 Å². The molecule has 0 saturated carbocycles. The van der Waals surface area contributed by atoms with Gasteiger partial charge in [-0.1, -0.05) is 18.2 Å². The van der Waals surface area contributed by atoms with E-state index in [1.807, 2.05) is 43.3 Å². The minimum Gasteiger partial charge on any atom is -0.497 e. The maximum Gasteiger partial charge on any atom is 0.279 e. The summed E-state index contributed by atoms with van der Waals surface area (Å²) in [6.07, 6.45) is 0. The third-order valence-corrected chi connectivity index (χ3v) is 4.60. The molecule has 0 aromatic heterocycles. The summed E-state index contributed by atoms with van der Waals surface area (Å²) in [6, 6.07) is 16.1. The van der Waals surface area contributed by atoms with Gasteiger partial charge in [0.1, 0.15) is 5.75 Å². The van der Waals surface area contributed by atoms with E-state index in [9.17, 15) is 4.79 Å². The Labute approximate surface area is 149 Å². The van der Waals surface area contributed by atoms with E-state index in [1.54, 1.807) is 7.11 Å². The summed E-state index contributed by atoms with van der Waals surface area (Å²) in [5.41, 5.74) is 3.21. The first-order chi connectivity index (χ1) is 12.1. The van der Waals surface area contributed by atoms with Gasteiger partial charge in [0, 0.05) is 17.4 Å². The van der Waals surface area contributed by atoms with Gasteiger partial charge in [-0.15, -0.1) is 0 Å². The Balaban J connectivity index is 1.49. The maximum atomic E-state index is 12.3. The molecule has 0 radical (unpaired) electrons. The number of nitrogens with one attached hydrogen (secondary N) is 2. The van der Waals surface area contributed by atoms with Crippen LogP contribution in [0, 0.1) is 6.92 Å². The molecular formula is C20H26N3O2+. The first kappa shape index (κ1) is 17.3. The molecule has 0 atom stereocenters. The van der Waals surface area contributed by atoms with Crippen molar-refractivity contribution in [1.29, 1.82) is 0 Å². The smallest absolute Gasteiger partial charge is 0.279 e. The van der Waals surface area contributed by atoms with Gasteiger partial charge in [-0.05, 0) is 36.8 Å². The van der Waals surface area contributed by atoms with Gasteiger partial charge in [-0.2, -0.15) is 0 Å². The van der Waals surface area contributed by atoms with Gasteiger partial charge in [-0.25, -0.2) is 0 Å². The number of anilines is 2. The third-order valence-electron chi connectivity index (χ3n) is 4.60. The predicted molar refractivity (Wildman–Crippen MR) is 101 cm³/mol. The van der Waals surface area contributed by atoms with Gasteiger partial charge in [0.05, 0.1) is 33.3 Å². The van der Waals surface area contributed by atoms with Crippen molar-refractivity contribution in [2.24, 2.45) is 0 Å². The molecule has 2 aromatic rings. The topological polar surface area (TPSA) is 46.0 Å². The number of carbonyl (C=O) groups is 1.